The van der Waals surface area contributed by atoms with E-state index in [0.29, 0.717) is 17.5 Å². The average molecular weight is 803 g/mol. The molecule has 12 rings (SSSR count). The Morgan fingerprint density at radius 2 is 0.651 bits per heavy atom. The van der Waals surface area contributed by atoms with Gasteiger partial charge in [0.1, 0.15) is 0 Å². The van der Waals surface area contributed by atoms with Gasteiger partial charge in [0, 0.05) is 32.8 Å². The zero-order chi connectivity index (χ0) is 41.7. The number of fused-ring (bicyclic) bond motifs is 6. The van der Waals surface area contributed by atoms with Crippen LogP contribution in [0.3, 0.4) is 0 Å². The maximum atomic E-state index is 5.06. The van der Waals surface area contributed by atoms with Crippen LogP contribution < -0.4 is 0 Å². The highest BCUT2D eigenvalue weighted by molar-refractivity contribution is 6.16. The first-order valence-corrected chi connectivity index (χ1v) is 21.3. The van der Waals surface area contributed by atoms with Gasteiger partial charge in [0.2, 0.25) is 0 Å². The molecule has 0 bridgehead atoms. The molecule has 0 aliphatic carbocycles. The van der Waals surface area contributed by atoms with Crippen LogP contribution in [0.2, 0.25) is 0 Å². The van der Waals surface area contributed by atoms with Crippen molar-refractivity contribution in [2.75, 3.05) is 0 Å². The first kappa shape index (κ1) is 36.4. The first-order valence-electron chi connectivity index (χ1n) is 21.3. The van der Waals surface area contributed by atoms with Crippen LogP contribution in [0.4, 0.5) is 0 Å². The van der Waals surface area contributed by atoms with E-state index in [9.17, 15) is 0 Å². The number of hydrogen-bond acceptors (Lipinski definition) is 3. The summed E-state index contributed by atoms with van der Waals surface area (Å²) < 4.78 is 2.47. The molecule has 0 N–H and O–H groups in total. The van der Waals surface area contributed by atoms with Gasteiger partial charge in [-0.15, -0.1) is 0 Å². The normalized spacial score (nSPS) is 11.5. The smallest absolute Gasteiger partial charge is 0.164 e. The Hall–Kier alpha value is -8.47. The van der Waals surface area contributed by atoms with Gasteiger partial charge in [0.25, 0.3) is 0 Å². The van der Waals surface area contributed by atoms with Gasteiger partial charge in [-0.3, -0.25) is 0 Å². The molecule has 0 atom stereocenters. The summed E-state index contributed by atoms with van der Waals surface area (Å²) in [5, 5.41) is 7.37. The Kier molecular flexibility index (Phi) is 8.79. The predicted octanol–water partition coefficient (Wildman–Crippen LogP) is 15.3. The molecular weight excluding hydrogens is 765 g/mol. The molecule has 10 aromatic carbocycles. The van der Waals surface area contributed by atoms with E-state index in [1.165, 1.54) is 60.2 Å². The van der Waals surface area contributed by atoms with Gasteiger partial charge in [-0.05, 0) is 73.8 Å². The Balaban J connectivity index is 0.985. The minimum absolute atomic E-state index is 0.630. The fraction of sp³-hybridized carbons (Fsp3) is 0. The molecule has 0 saturated carbocycles. The monoisotopic (exact) mass is 802 g/mol. The van der Waals surface area contributed by atoms with Crippen molar-refractivity contribution < 1.29 is 0 Å². The first-order chi connectivity index (χ1) is 31.2. The highest BCUT2D eigenvalue weighted by atomic mass is 15.0. The van der Waals surface area contributed by atoms with Gasteiger partial charge in [0.05, 0.1) is 16.7 Å². The molecule has 2 aromatic heterocycles. The molecule has 0 unspecified atom stereocenters. The largest absolute Gasteiger partial charge is 0.309 e. The second kappa shape index (κ2) is 15.2. The van der Waals surface area contributed by atoms with E-state index in [-0.39, 0.29) is 0 Å². The van der Waals surface area contributed by atoms with Crippen LogP contribution in [0.5, 0.6) is 0 Å². The highest BCUT2D eigenvalue weighted by Gasteiger charge is 2.18. The van der Waals surface area contributed by atoms with Crippen molar-refractivity contribution in [1.29, 1.82) is 0 Å². The fourth-order valence-electron chi connectivity index (χ4n) is 9.09. The highest BCUT2D eigenvalue weighted by Crippen LogP contribution is 2.41. The van der Waals surface area contributed by atoms with Gasteiger partial charge in [-0.2, -0.15) is 0 Å². The van der Waals surface area contributed by atoms with Crippen LogP contribution in [0.25, 0.3) is 117 Å². The minimum Gasteiger partial charge on any atom is -0.309 e. The molecule has 0 radical (unpaired) electrons. The second-order valence-corrected chi connectivity index (χ2v) is 16.0. The molecule has 0 spiro atoms. The van der Waals surface area contributed by atoms with E-state index < -0.39 is 0 Å². The Bertz CT molecular complexity index is 3630. The third-order valence-electron chi connectivity index (χ3n) is 12.3. The van der Waals surface area contributed by atoms with Crippen LogP contribution in [0.1, 0.15) is 0 Å². The van der Waals surface area contributed by atoms with Gasteiger partial charge in [0.15, 0.2) is 17.5 Å². The van der Waals surface area contributed by atoms with E-state index >= 15 is 0 Å². The lowest BCUT2D eigenvalue weighted by atomic mass is 9.99. The van der Waals surface area contributed by atoms with Crippen LogP contribution in [0.15, 0.2) is 231 Å². The summed E-state index contributed by atoms with van der Waals surface area (Å²) in [6.07, 6.45) is 0. The molecule has 4 nitrogen and oxygen atoms in total. The third-order valence-corrected chi connectivity index (χ3v) is 12.3. The SMILES string of the molecule is c1ccc(-c2ccc(-c3nc(-c4ccccc4)nc(-c4ccc(-c5ccc6c7cc(-c8ccccc8)ccc7n(-c7cc8ccccc8c8ccccc78)c6c5)cc4)n3)cc2)cc1. The minimum atomic E-state index is 0.630. The van der Waals surface area contributed by atoms with E-state index in [1.807, 2.05) is 36.4 Å². The Labute approximate surface area is 365 Å². The van der Waals surface area contributed by atoms with Gasteiger partial charge >= 0.3 is 0 Å². The summed E-state index contributed by atoms with van der Waals surface area (Å²) in [7, 11) is 0. The van der Waals surface area contributed by atoms with E-state index in [0.717, 1.165) is 38.9 Å². The second-order valence-electron chi connectivity index (χ2n) is 16.0. The fourth-order valence-corrected chi connectivity index (χ4v) is 9.09. The molecule has 0 aliphatic heterocycles. The third kappa shape index (κ3) is 6.53. The van der Waals surface area contributed by atoms with Crippen LogP contribution >= 0.6 is 0 Å². The molecular formula is C59H38N4. The van der Waals surface area contributed by atoms with Gasteiger partial charge < -0.3 is 4.57 Å². The summed E-state index contributed by atoms with van der Waals surface area (Å²) in [5.74, 6) is 1.91. The van der Waals surface area contributed by atoms with Crippen molar-refractivity contribution in [2.24, 2.45) is 0 Å². The zero-order valence-corrected chi connectivity index (χ0v) is 34.2. The molecule has 4 heteroatoms. The number of nitrogens with zero attached hydrogens (tertiary/aromatic N) is 4. The standard InChI is InChI=1S/C59H38N4/c1-4-14-39(15-5-1)41-24-28-44(29-25-41)58-60-57(43-18-8-3-9-19-43)61-59(62-58)45-30-26-42(27-31-45)47-32-34-52-53-36-46(40-16-6-2-7-17-40)33-35-54(53)63(55(52)37-47)56-38-48-20-10-11-21-49(48)50-22-12-13-23-51(50)56/h1-38H. The molecule has 0 saturated heterocycles. The summed E-state index contributed by atoms with van der Waals surface area (Å²) in [5.41, 5.74) is 13.3. The van der Waals surface area contributed by atoms with Crippen LogP contribution in [-0.2, 0) is 0 Å². The topological polar surface area (TPSA) is 43.6 Å². The average Bonchev–Trinajstić information content (AvgIpc) is 3.69. The molecule has 0 aliphatic rings. The molecule has 63 heavy (non-hydrogen) atoms. The lowest BCUT2D eigenvalue weighted by molar-refractivity contribution is 1.07. The molecule has 294 valence electrons. The van der Waals surface area contributed by atoms with E-state index in [2.05, 4.69) is 199 Å². The number of rotatable bonds is 7. The summed E-state index contributed by atoms with van der Waals surface area (Å²) >= 11 is 0. The van der Waals surface area contributed by atoms with Gasteiger partial charge in [-0.25, -0.2) is 15.0 Å². The molecule has 0 fully saturated rings. The lowest BCUT2D eigenvalue weighted by Crippen LogP contribution is -2.00. The summed E-state index contributed by atoms with van der Waals surface area (Å²) in [6, 6.07) is 81.9. The van der Waals surface area contributed by atoms with E-state index in [1.54, 1.807) is 0 Å². The molecule has 0 amide bonds. The van der Waals surface area contributed by atoms with Crippen molar-refractivity contribution in [3.8, 4) is 73.2 Å². The number of hydrogen-bond donors (Lipinski definition) is 0. The van der Waals surface area contributed by atoms with Crippen molar-refractivity contribution in [1.82, 2.24) is 19.5 Å². The summed E-state index contributed by atoms with van der Waals surface area (Å²) in [4.78, 5) is 15.1. The van der Waals surface area contributed by atoms with Crippen molar-refractivity contribution >= 4 is 43.4 Å². The number of aromatic nitrogens is 4. The Morgan fingerprint density at radius 1 is 0.238 bits per heavy atom. The zero-order valence-electron chi connectivity index (χ0n) is 34.2. The van der Waals surface area contributed by atoms with Crippen LogP contribution in [0, 0.1) is 0 Å². The predicted molar refractivity (Wildman–Crippen MR) is 262 cm³/mol. The molecule has 12 aromatic rings. The Morgan fingerprint density at radius 3 is 1.27 bits per heavy atom. The maximum Gasteiger partial charge on any atom is 0.164 e. The van der Waals surface area contributed by atoms with E-state index in [4.69, 9.17) is 15.0 Å². The summed E-state index contributed by atoms with van der Waals surface area (Å²) in [6.45, 7) is 0. The quantitative estimate of drug-likeness (QED) is 0.151. The van der Waals surface area contributed by atoms with Gasteiger partial charge in [-0.1, -0.05) is 206 Å². The van der Waals surface area contributed by atoms with Crippen molar-refractivity contribution in [2.45, 2.75) is 0 Å². The van der Waals surface area contributed by atoms with Crippen molar-refractivity contribution in [3.05, 3.63) is 231 Å². The van der Waals surface area contributed by atoms with Crippen LogP contribution in [-0.4, -0.2) is 19.5 Å². The molecule has 2 heterocycles. The lowest BCUT2D eigenvalue weighted by Gasteiger charge is -2.15. The van der Waals surface area contributed by atoms with Crippen molar-refractivity contribution in [3.63, 3.8) is 0 Å². The maximum absolute atomic E-state index is 5.06. The number of benzene rings is 10.